The van der Waals surface area contributed by atoms with E-state index >= 15 is 0 Å². The van der Waals surface area contributed by atoms with Crippen LogP contribution in [0.2, 0.25) is 5.02 Å². The minimum absolute atomic E-state index is 0.141. The maximum Gasteiger partial charge on any atom is 0.221 e. The van der Waals surface area contributed by atoms with E-state index in [0.717, 1.165) is 17.7 Å². The summed E-state index contributed by atoms with van der Waals surface area (Å²) in [6.45, 7) is 0. The van der Waals surface area contributed by atoms with E-state index in [4.69, 9.17) is 11.6 Å². The molecule has 0 aliphatic rings. The Bertz CT molecular complexity index is 650. The molecule has 2 rings (SSSR count). The molecular weight excluding hydrogens is 298 g/mol. The first-order valence-corrected chi connectivity index (χ1v) is 7.41. The van der Waals surface area contributed by atoms with Crippen LogP contribution in [0.25, 0.3) is 0 Å². The topological polar surface area (TPSA) is 65.8 Å². The van der Waals surface area contributed by atoms with Gasteiger partial charge in [-0.05, 0) is 42.7 Å². The van der Waals surface area contributed by atoms with E-state index in [1.54, 1.807) is 30.5 Å². The zero-order chi connectivity index (χ0) is 15.8. The highest BCUT2D eigenvalue weighted by atomic mass is 35.5. The van der Waals surface area contributed by atoms with Crippen molar-refractivity contribution >= 4 is 17.5 Å². The fourth-order valence-corrected chi connectivity index (χ4v) is 2.18. The molecule has 0 bridgehead atoms. The van der Waals surface area contributed by atoms with Crippen LogP contribution in [0, 0.1) is 11.3 Å². The Balaban J connectivity index is 1.82. The first-order chi connectivity index (χ1) is 10.7. The summed E-state index contributed by atoms with van der Waals surface area (Å²) in [6.07, 6.45) is 3.54. The van der Waals surface area contributed by atoms with Crippen molar-refractivity contribution in [3.05, 3.63) is 64.9 Å². The fraction of sp³-hybridized carbons (Fsp3) is 0.235. The molecule has 4 nitrogen and oxygen atoms in total. The van der Waals surface area contributed by atoms with Gasteiger partial charge in [0.25, 0.3) is 0 Å². The molecule has 1 atom stereocenters. The van der Waals surface area contributed by atoms with Crippen molar-refractivity contribution in [1.29, 1.82) is 5.26 Å². The molecule has 5 heteroatoms. The van der Waals surface area contributed by atoms with E-state index < -0.39 is 6.04 Å². The smallest absolute Gasteiger partial charge is 0.221 e. The number of amides is 1. The number of rotatable bonds is 6. The third-order valence-electron chi connectivity index (χ3n) is 3.20. The average molecular weight is 314 g/mol. The number of nitrogens with one attached hydrogen (secondary N) is 1. The zero-order valence-corrected chi connectivity index (χ0v) is 12.8. The third kappa shape index (κ3) is 4.87. The molecule has 1 aromatic carbocycles. The van der Waals surface area contributed by atoms with Gasteiger partial charge < -0.3 is 5.32 Å². The summed E-state index contributed by atoms with van der Waals surface area (Å²) >= 11 is 5.82. The van der Waals surface area contributed by atoms with E-state index in [2.05, 4.69) is 16.4 Å². The molecule has 22 heavy (non-hydrogen) atoms. The Hall–Kier alpha value is -2.38. The van der Waals surface area contributed by atoms with Crippen molar-refractivity contribution in [3.63, 3.8) is 0 Å². The van der Waals surface area contributed by atoms with Gasteiger partial charge in [0, 0.05) is 23.3 Å². The van der Waals surface area contributed by atoms with Crippen LogP contribution < -0.4 is 5.32 Å². The highest BCUT2D eigenvalue weighted by Crippen LogP contribution is 2.16. The average Bonchev–Trinajstić information content (AvgIpc) is 2.54. The molecule has 0 radical (unpaired) electrons. The summed E-state index contributed by atoms with van der Waals surface area (Å²) in [6, 6.07) is 14.0. The number of carbonyl (C=O) groups is 1. The van der Waals surface area contributed by atoms with Crippen LogP contribution in [0.3, 0.4) is 0 Å². The van der Waals surface area contributed by atoms with Gasteiger partial charge in [-0.3, -0.25) is 9.78 Å². The van der Waals surface area contributed by atoms with E-state index in [-0.39, 0.29) is 5.91 Å². The summed E-state index contributed by atoms with van der Waals surface area (Å²) in [4.78, 5) is 16.1. The predicted molar refractivity (Wildman–Crippen MR) is 85.1 cm³/mol. The molecule has 0 saturated carbocycles. The molecule has 1 N–H and O–H groups in total. The lowest BCUT2D eigenvalue weighted by molar-refractivity contribution is -0.121. The number of hydrogen-bond donors (Lipinski definition) is 1. The number of aryl methyl sites for hydroxylation is 1. The number of nitrogens with zero attached hydrogens (tertiary/aromatic N) is 2. The second-order valence-electron chi connectivity index (χ2n) is 4.86. The number of halogens is 1. The van der Waals surface area contributed by atoms with Gasteiger partial charge in [-0.2, -0.15) is 5.26 Å². The largest absolute Gasteiger partial charge is 0.337 e. The van der Waals surface area contributed by atoms with Crippen molar-refractivity contribution in [3.8, 4) is 6.07 Å². The maximum atomic E-state index is 11.9. The van der Waals surface area contributed by atoms with Gasteiger partial charge >= 0.3 is 0 Å². The van der Waals surface area contributed by atoms with E-state index in [1.165, 1.54) is 0 Å². The van der Waals surface area contributed by atoms with Crippen LogP contribution in [0.1, 0.15) is 30.1 Å². The van der Waals surface area contributed by atoms with Gasteiger partial charge in [0.1, 0.15) is 6.04 Å². The second kappa shape index (κ2) is 8.16. The molecular formula is C17H16ClN3O. The molecule has 0 aliphatic carbocycles. The molecule has 1 amide bonds. The van der Waals surface area contributed by atoms with E-state index in [1.807, 2.05) is 18.2 Å². The van der Waals surface area contributed by atoms with Gasteiger partial charge in [0.05, 0.1) is 6.07 Å². The van der Waals surface area contributed by atoms with E-state index in [0.29, 0.717) is 17.9 Å². The first-order valence-electron chi connectivity index (χ1n) is 7.03. The van der Waals surface area contributed by atoms with Crippen molar-refractivity contribution < 1.29 is 4.79 Å². The number of benzene rings is 1. The van der Waals surface area contributed by atoms with Gasteiger partial charge in [-0.1, -0.05) is 29.8 Å². The molecule has 0 spiro atoms. The number of hydrogen-bond acceptors (Lipinski definition) is 3. The lowest BCUT2D eigenvalue weighted by Crippen LogP contribution is -2.27. The monoisotopic (exact) mass is 313 g/mol. The third-order valence-corrected chi connectivity index (χ3v) is 3.45. The molecule has 0 fully saturated rings. The Morgan fingerprint density at radius 1 is 1.27 bits per heavy atom. The SMILES string of the molecule is N#C[C@@H](NC(=O)CCCc1ccccn1)c1ccc(Cl)cc1. The van der Waals surface area contributed by atoms with Crippen LogP contribution in [0.5, 0.6) is 0 Å². The summed E-state index contributed by atoms with van der Waals surface area (Å²) in [5.41, 5.74) is 1.69. The van der Waals surface area contributed by atoms with Crippen LogP contribution in [0.4, 0.5) is 0 Å². The summed E-state index contributed by atoms with van der Waals surface area (Å²) in [5.74, 6) is -0.141. The normalized spacial score (nSPS) is 11.5. The van der Waals surface area contributed by atoms with Crippen molar-refractivity contribution in [2.45, 2.75) is 25.3 Å². The highest BCUT2D eigenvalue weighted by molar-refractivity contribution is 6.30. The maximum absolute atomic E-state index is 11.9. The second-order valence-corrected chi connectivity index (χ2v) is 5.29. The van der Waals surface area contributed by atoms with Crippen molar-refractivity contribution in [2.75, 3.05) is 0 Å². The first kappa shape index (κ1) is 16.0. The van der Waals surface area contributed by atoms with Gasteiger partial charge in [0.2, 0.25) is 5.91 Å². The van der Waals surface area contributed by atoms with Crippen LogP contribution in [0.15, 0.2) is 48.7 Å². The number of carbonyl (C=O) groups excluding carboxylic acids is 1. The molecule has 1 heterocycles. The van der Waals surface area contributed by atoms with Gasteiger partial charge in [-0.15, -0.1) is 0 Å². The molecule has 0 unspecified atom stereocenters. The molecule has 0 aliphatic heterocycles. The lowest BCUT2D eigenvalue weighted by atomic mass is 10.1. The Labute approximate surface area is 134 Å². The standard InChI is InChI=1S/C17H16ClN3O/c18-14-9-7-13(8-10-14)16(12-19)21-17(22)6-3-5-15-4-1-2-11-20-15/h1-2,4,7-11,16H,3,5-6H2,(H,21,22)/t16-/m1/s1. The number of pyridine rings is 1. The predicted octanol–water partition coefficient (Wildman–Crippen LogP) is 3.44. The molecule has 0 saturated heterocycles. The van der Waals surface area contributed by atoms with Crippen LogP contribution >= 0.6 is 11.6 Å². The molecule has 2 aromatic rings. The van der Waals surface area contributed by atoms with Crippen LogP contribution in [-0.2, 0) is 11.2 Å². The Kier molecular flexibility index (Phi) is 5.93. The van der Waals surface area contributed by atoms with Gasteiger partial charge in [-0.25, -0.2) is 0 Å². The van der Waals surface area contributed by atoms with E-state index in [9.17, 15) is 10.1 Å². The molecule has 112 valence electrons. The Morgan fingerprint density at radius 2 is 2.05 bits per heavy atom. The number of nitriles is 1. The number of aromatic nitrogens is 1. The lowest BCUT2D eigenvalue weighted by Gasteiger charge is -2.12. The quantitative estimate of drug-likeness (QED) is 0.888. The van der Waals surface area contributed by atoms with Crippen LogP contribution in [-0.4, -0.2) is 10.9 Å². The molecule has 1 aromatic heterocycles. The Morgan fingerprint density at radius 3 is 2.68 bits per heavy atom. The van der Waals surface area contributed by atoms with Crippen molar-refractivity contribution in [1.82, 2.24) is 10.3 Å². The zero-order valence-electron chi connectivity index (χ0n) is 12.0. The minimum atomic E-state index is -0.653. The summed E-state index contributed by atoms with van der Waals surface area (Å²) < 4.78 is 0. The highest BCUT2D eigenvalue weighted by Gasteiger charge is 2.13. The van der Waals surface area contributed by atoms with Crippen molar-refractivity contribution in [2.24, 2.45) is 0 Å². The summed E-state index contributed by atoms with van der Waals surface area (Å²) in [7, 11) is 0. The fourth-order valence-electron chi connectivity index (χ4n) is 2.05. The van der Waals surface area contributed by atoms with Gasteiger partial charge in [0.15, 0.2) is 0 Å². The summed E-state index contributed by atoms with van der Waals surface area (Å²) in [5, 5.41) is 12.5. The minimum Gasteiger partial charge on any atom is -0.337 e.